The molecular weight excluding hydrogens is 298 g/mol. The van der Waals surface area contributed by atoms with Crippen LogP contribution in [0.4, 0.5) is 32.0 Å². The Morgan fingerprint density at radius 3 is 1.80 bits per heavy atom. The Morgan fingerprint density at radius 1 is 1.05 bits per heavy atom. The molecule has 0 unspecified atom stereocenters. The molecule has 0 heterocycles. The van der Waals surface area contributed by atoms with Crippen molar-refractivity contribution in [3.63, 3.8) is 0 Å². The van der Waals surface area contributed by atoms with E-state index >= 15 is 0 Å². The van der Waals surface area contributed by atoms with Crippen LogP contribution in [0.15, 0.2) is 12.1 Å². The van der Waals surface area contributed by atoms with Crippen LogP contribution in [0.3, 0.4) is 0 Å². The van der Waals surface area contributed by atoms with Gasteiger partial charge in [-0.1, -0.05) is 0 Å². The molecule has 0 saturated heterocycles. The molecule has 2 N–H and O–H groups in total. The number of hydrogen-bond donors (Lipinski definition) is 1. The van der Waals surface area contributed by atoms with Crippen LogP contribution >= 0.6 is 0 Å². The van der Waals surface area contributed by atoms with Gasteiger partial charge in [0, 0.05) is 6.07 Å². The van der Waals surface area contributed by atoms with Gasteiger partial charge < -0.3 is 5.73 Å². The van der Waals surface area contributed by atoms with Crippen molar-refractivity contribution in [3.8, 4) is 0 Å². The highest BCUT2D eigenvalue weighted by Crippen LogP contribution is 2.46. The Balaban J connectivity index is 3.94. The first-order valence-corrected chi connectivity index (χ1v) is 4.63. The Morgan fingerprint density at radius 2 is 1.50 bits per heavy atom. The average Bonchev–Trinajstić information content (AvgIpc) is 2.24. The van der Waals surface area contributed by atoms with Gasteiger partial charge in [-0.05, 0) is 6.07 Å². The van der Waals surface area contributed by atoms with Crippen LogP contribution in [-0.2, 0) is 12.4 Å². The first-order valence-electron chi connectivity index (χ1n) is 4.63. The number of benzene rings is 1. The van der Waals surface area contributed by atoms with Crippen molar-refractivity contribution in [2.24, 2.45) is 5.73 Å². The fourth-order valence-electron chi connectivity index (χ4n) is 1.53. The zero-order chi connectivity index (χ0) is 15.9. The van der Waals surface area contributed by atoms with E-state index in [1.54, 1.807) is 0 Å². The van der Waals surface area contributed by atoms with Crippen LogP contribution < -0.4 is 5.73 Å². The summed E-state index contributed by atoms with van der Waals surface area (Å²) < 4.78 is 76.2. The Labute approximate surface area is 106 Å². The highest BCUT2D eigenvalue weighted by Gasteiger charge is 2.50. The van der Waals surface area contributed by atoms with Gasteiger partial charge in [0.2, 0.25) is 5.91 Å². The van der Waals surface area contributed by atoms with Crippen molar-refractivity contribution in [1.82, 2.24) is 0 Å². The molecule has 0 bridgehead atoms. The van der Waals surface area contributed by atoms with E-state index in [1.165, 1.54) is 0 Å². The lowest BCUT2D eigenvalue weighted by atomic mass is 9.97. The standard InChI is InChI=1S/C9H4F6N2O3/c10-8(11,12)5-3(7(16)18)1-2-4(17(19)20)6(5)9(13,14)15/h1-2H,(H2,16,18). The van der Waals surface area contributed by atoms with E-state index in [2.05, 4.69) is 5.73 Å². The van der Waals surface area contributed by atoms with Crippen molar-refractivity contribution in [1.29, 1.82) is 0 Å². The summed E-state index contributed by atoms with van der Waals surface area (Å²) in [6.07, 6.45) is -11.3. The summed E-state index contributed by atoms with van der Waals surface area (Å²) in [6.45, 7) is 0. The van der Waals surface area contributed by atoms with E-state index in [4.69, 9.17) is 0 Å². The van der Waals surface area contributed by atoms with Gasteiger partial charge in [0.1, 0.15) is 5.56 Å². The third kappa shape index (κ3) is 2.81. The van der Waals surface area contributed by atoms with Gasteiger partial charge in [-0.3, -0.25) is 14.9 Å². The monoisotopic (exact) mass is 302 g/mol. The van der Waals surface area contributed by atoms with Gasteiger partial charge in [-0.15, -0.1) is 0 Å². The second-order valence-corrected chi connectivity index (χ2v) is 3.50. The quantitative estimate of drug-likeness (QED) is 0.517. The number of nitrogens with two attached hydrogens (primary N) is 1. The van der Waals surface area contributed by atoms with E-state index in [0.717, 1.165) is 0 Å². The maximum Gasteiger partial charge on any atom is 0.423 e. The van der Waals surface area contributed by atoms with Gasteiger partial charge >= 0.3 is 12.4 Å². The minimum absolute atomic E-state index is 0.151. The smallest absolute Gasteiger partial charge is 0.366 e. The number of nitrogens with zero attached hydrogens (tertiary/aromatic N) is 1. The number of hydrogen-bond acceptors (Lipinski definition) is 3. The molecule has 1 amide bonds. The highest BCUT2D eigenvalue weighted by molar-refractivity contribution is 5.95. The van der Waals surface area contributed by atoms with Gasteiger partial charge in [-0.25, -0.2) is 0 Å². The molecule has 0 saturated carbocycles. The van der Waals surface area contributed by atoms with Crippen LogP contribution in [0, 0.1) is 10.1 Å². The van der Waals surface area contributed by atoms with Crippen molar-refractivity contribution in [2.75, 3.05) is 0 Å². The lowest BCUT2D eigenvalue weighted by Crippen LogP contribution is -2.25. The molecule has 20 heavy (non-hydrogen) atoms. The van der Waals surface area contributed by atoms with E-state index in [-0.39, 0.29) is 12.1 Å². The van der Waals surface area contributed by atoms with Crippen molar-refractivity contribution in [3.05, 3.63) is 38.9 Å². The van der Waals surface area contributed by atoms with Crippen LogP contribution in [0.25, 0.3) is 0 Å². The maximum absolute atomic E-state index is 12.7. The molecule has 5 nitrogen and oxygen atoms in total. The summed E-state index contributed by atoms with van der Waals surface area (Å²) in [5.74, 6) is -1.78. The third-order valence-electron chi connectivity index (χ3n) is 2.21. The van der Waals surface area contributed by atoms with Crippen molar-refractivity contribution in [2.45, 2.75) is 12.4 Å². The maximum atomic E-state index is 12.7. The molecule has 110 valence electrons. The summed E-state index contributed by atoms with van der Waals surface area (Å²) in [6, 6.07) is 0.386. The average molecular weight is 302 g/mol. The molecule has 11 heteroatoms. The first-order chi connectivity index (χ1) is 8.87. The number of carbonyl (C=O) groups excluding carboxylic acids is 1. The fraction of sp³-hybridized carbons (Fsp3) is 0.222. The zero-order valence-corrected chi connectivity index (χ0v) is 9.17. The lowest BCUT2D eigenvalue weighted by Gasteiger charge is -2.17. The Bertz CT molecular complexity index is 527. The Hall–Kier alpha value is -2.33. The van der Waals surface area contributed by atoms with Crippen molar-refractivity contribution < 1.29 is 36.1 Å². The molecule has 1 aromatic rings. The summed E-state index contributed by atoms with van der Waals surface area (Å²) >= 11 is 0. The minimum atomic E-state index is -5.68. The summed E-state index contributed by atoms with van der Waals surface area (Å²) in [4.78, 5) is 19.6. The highest BCUT2D eigenvalue weighted by atomic mass is 19.4. The normalized spacial score (nSPS) is 12.3. The molecule has 1 rings (SSSR count). The fourth-order valence-corrected chi connectivity index (χ4v) is 1.53. The lowest BCUT2D eigenvalue weighted by molar-refractivity contribution is -0.388. The Kier molecular flexibility index (Phi) is 3.66. The topological polar surface area (TPSA) is 86.2 Å². The van der Waals surface area contributed by atoms with E-state index in [9.17, 15) is 41.3 Å². The second kappa shape index (κ2) is 4.65. The van der Waals surface area contributed by atoms with Crippen LogP contribution in [-0.4, -0.2) is 10.8 Å². The number of rotatable bonds is 2. The zero-order valence-electron chi connectivity index (χ0n) is 9.17. The number of amides is 1. The van der Waals surface area contributed by atoms with Crippen molar-refractivity contribution >= 4 is 11.6 Å². The second-order valence-electron chi connectivity index (χ2n) is 3.50. The molecule has 0 fully saturated rings. The largest absolute Gasteiger partial charge is 0.423 e. The molecule has 0 radical (unpaired) electrons. The molecule has 0 aliphatic rings. The molecular formula is C9H4F6N2O3. The number of nitro groups is 1. The predicted molar refractivity (Wildman–Crippen MR) is 51.6 cm³/mol. The van der Waals surface area contributed by atoms with Crippen LogP contribution in [0.2, 0.25) is 0 Å². The molecule has 0 aliphatic carbocycles. The number of nitro benzene ring substituents is 1. The first kappa shape index (κ1) is 15.7. The molecule has 0 spiro atoms. The van der Waals surface area contributed by atoms with Gasteiger partial charge in [0.15, 0.2) is 0 Å². The number of carbonyl (C=O) groups is 1. The van der Waals surface area contributed by atoms with Gasteiger partial charge in [0.05, 0.1) is 16.1 Å². The third-order valence-corrected chi connectivity index (χ3v) is 2.21. The molecule has 1 aromatic carbocycles. The summed E-state index contributed by atoms with van der Waals surface area (Å²) in [7, 11) is 0. The summed E-state index contributed by atoms with van der Waals surface area (Å²) in [5.41, 5.74) is -3.74. The SMILES string of the molecule is NC(=O)c1ccc([N+](=O)[O-])c(C(F)(F)F)c1C(F)(F)F. The van der Waals surface area contributed by atoms with Crippen LogP contribution in [0.1, 0.15) is 21.5 Å². The van der Waals surface area contributed by atoms with E-state index in [1.807, 2.05) is 0 Å². The van der Waals surface area contributed by atoms with Gasteiger partial charge in [-0.2, -0.15) is 26.3 Å². The van der Waals surface area contributed by atoms with E-state index in [0.29, 0.717) is 0 Å². The predicted octanol–water partition coefficient (Wildman–Crippen LogP) is 2.73. The van der Waals surface area contributed by atoms with E-state index < -0.39 is 45.6 Å². The number of halogens is 6. The van der Waals surface area contributed by atoms with Gasteiger partial charge in [0.25, 0.3) is 5.69 Å². The molecule has 0 aliphatic heterocycles. The number of primary amides is 1. The van der Waals surface area contributed by atoms with Crippen LogP contribution in [0.5, 0.6) is 0 Å². The number of alkyl halides is 6. The molecule has 0 aromatic heterocycles. The molecule has 0 atom stereocenters. The minimum Gasteiger partial charge on any atom is -0.366 e. The summed E-state index contributed by atoms with van der Waals surface area (Å²) in [5, 5.41) is 10.5.